The van der Waals surface area contributed by atoms with Crippen LogP contribution in [0.4, 0.5) is 0 Å². The highest BCUT2D eigenvalue weighted by Gasteiger charge is 2.08. The molecule has 0 aromatic rings. The average Bonchev–Trinajstić information content (AvgIpc) is 3.14. The van der Waals surface area contributed by atoms with Crippen molar-refractivity contribution in [3.8, 4) is 0 Å². The summed E-state index contributed by atoms with van der Waals surface area (Å²) in [5.41, 5.74) is 0. The van der Waals surface area contributed by atoms with Crippen molar-refractivity contribution in [3.63, 3.8) is 0 Å². The van der Waals surface area contributed by atoms with Gasteiger partial charge in [0.1, 0.15) is 0 Å². The summed E-state index contributed by atoms with van der Waals surface area (Å²) in [4.78, 5) is 0. The molecular weight excluding hydrogens is 613 g/mol. The summed E-state index contributed by atoms with van der Waals surface area (Å²) in [6.45, 7) is 8.72. The van der Waals surface area contributed by atoms with E-state index in [9.17, 15) is 0 Å². The van der Waals surface area contributed by atoms with Crippen LogP contribution in [0, 0.1) is 12.8 Å². The molecule has 0 aromatic heterocycles. The average molecular weight is 716 g/mol. The third-order valence-corrected chi connectivity index (χ3v) is 12.3. The Bertz CT molecular complexity index is 564. The zero-order chi connectivity index (χ0) is 36.8. The van der Waals surface area contributed by atoms with Crippen molar-refractivity contribution in [2.45, 2.75) is 316 Å². The Morgan fingerprint density at radius 1 is 0.216 bits per heavy atom. The van der Waals surface area contributed by atoms with E-state index in [-0.39, 0.29) is 0 Å². The highest BCUT2D eigenvalue weighted by atomic mass is 14.1. The van der Waals surface area contributed by atoms with Gasteiger partial charge in [0.05, 0.1) is 0 Å². The predicted octanol–water partition coefficient (Wildman–Crippen LogP) is 19.8. The molecule has 0 rings (SSSR count). The first-order valence-corrected chi connectivity index (χ1v) is 25.1. The predicted molar refractivity (Wildman–Crippen MR) is 237 cm³/mol. The summed E-state index contributed by atoms with van der Waals surface area (Å²) < 4.78 is 0. The van der Waals surface area contributed by atoms with E-state index >= 15 is 0 Å². The fraction of sp³-hybridized carbons (Fsp3) is 0.980. The molecule has 0 amide bonds. The molecule has 0 N–H and O–H groups in total. The molecule has 0 aliphatic heterocycles. The van der Waals surface area contributed by atoms with Crippen LogP contribution in [0.1, 0.15) is 316 Å². The van der Waals surface area contributed by atoms with Crippen molar-refractivity contribution in [1.82, 2.24) is 0 Å². The fourth-order valence-corrected chi connectivity index (χ4v) is 8.60. The highest BCUT2D eigenvalue weighted by molar-refractivity contribution is 4.63. The SMILES string of the molecule is [CH2]CCCCC(CCCCCCCCCCCCCCCCCCCCCC)CCCCCCCCCCCCCCCCCCCCCCC. The quantitative estimate of drug-likeness (QED) is 0.0550. The van der Waals surface area contributed by atoms with Crippen LogP contribution in [-0.4, -0.2) is 0 Å². The summed E-state index contributed by atoms with van der Waals surface area (Å²) in [6.07, 6.45) is 69.1. The van der Waals surface area contributed by atoms with Gasteiger partial charge in [-0.05, 0) is 5.92 Å². The van der Waals surface area contributed by atoms with Crippen LogP contribution in [0.25, 0.3) is 0 Å². The smallest absolute Gasteiger partial charge is 0.0414 e. The van der Waals surface area contributed by atoms with Gasteiger partial charge in [-0.15, -0.1) is 0 Å². The van der Waals surface area contributed by atoms with Crippen LogP contribution in [0.2, 0.25) is 0 Å². The molecule has 0 fully saturated rings. The maximum atomic E-state index is 4.10. The maximum Gasteiger partial charge on any atom is -0.0414 e. The summed E-state index contributed by atoms with van der Waals surface area (Å²) in [7, 11) is 0. The van der Waals surface area contributed by atoms with Crippen molar-refractivity contribution in [2.24, 2.45) is 5.92 Å². The molecule has 0 heteroatoms. The number of unbranched alkanes of at least 4 members (excludes halogenated alkanes) is 41. The van der Waals surface area contributed by atoms with Crippen molar-refractivity contribution < 1.29 is 0 Å². The van der Waals surface area contributed by atoms with Gasteiger partial charge in [0.2, 0.25) is 0 Å². The lowest BCUT2D eigenvalue weighted by Gasteiger charge is -2.17. The Kier molecular flexibility index (Phi) is 48.0. The Morgan fingerprint density at radius 2 is 0.373 bits per heavy atom. The highest BCUT2D eigenvalue weighted by Crippen LogP contribution is 2.25. The van der Waals surface area contributed by atoms with Gasteiger partial charge in [0, 0.05) is 0 Å². The molecule has 0 saturated carbocycles. The van der Waals surface area contributed by atoms with Crippen LogP contribution in [0.5, 0.6) is 0 Å². The Morgan fingerprint density at radius 3 is 0.549 bits per heavy atom. The Hall–Kier alpha value is 0. The van der Waals surface area contributed by atoms with E-state index < -0.39 is 0 Å². The van der Waals surface area contributed by atoms with Crippen LogP contribution in [0.3, 0.4) is 0 Å². The first-order chi connectivity index (χ1) is 25.3. The number of rotatable bonds is 47. The van der Waals surface area contributed by atoms with Gasteiger partial charge in [0.15, 0.2) is 0 Å². The standard InChI is InChI=1S/C51H103/c1-4-7-10-12-14-16-18-20-22-24-26-28-30-32-34-36-38-40-42-44-47-50-51(48-45-9-6-3)49-46-43-41-39-37-35-33-31-29-27-25-23-21-19-17-15-13-11-8-5-2/h51H,3-50H2,1-2H3. The van der Waals surface area contributed by atoms with Crippen LogP contribution < -0.4 is 0 Å². The largest absolute Gasteiger partial charge is 0.0654 e. The molecule has 1 radical (unpaired) electrons. The number of hydrogen-bond donors (Lipinski definition) is 0. The van der Waals surface area contributed by atoms with Crippen molar-refractivity contribution in [3.05, 3.63) is 6.92 Å². The molecule has 51 heavy (non-hydrogen) atoms. The van der Waals surface area contributed by atoms with Crippen molar-refractivity contribution in [1.29, 1.82) is 0 Å². The monoisotopic (exact) mass is 716 g/mol. The van der Waals surface area contributed by atoms with E-state index in [2.05, 4.69) is 20.8 Å². The third kappa shape index (κ3) is 46.1. The molecule has 0 aromatic carbocycles. The Balaban J connectivity index is 3.47. The van der Waals surface area contributed by atoms with E-state index in [4.69, 9.17) is 0 Å². The second-order valence-electron chi connectivity index (χ2n) is 17.6. The van der Waals surface area contributed by atoms with E-state index in [1.807, 2.05) is 0 Å². The molecule has 1 atom stereocenters. The van der Waals surface area contributed by atoms with E-state index in [0.717, 1.165) is 12.3 Å². The van der Waals surface area contributed by atoms with E-state index in [1.165, 1.54) is 295 Å². The first-order valence-electron chi connectivity index (χ1n) is 25.1. The lowest BCUT2D eigenvalue weighted by Crippen LogP contribution is -2.01. The molecule has 307 valence electrons. The summed E-state index contributed by atoms with van der Waals surface area (Å²) in [5, 5.41) is 0. The van der Waals surface area contributed by atoms with Gasteiger partial charge in [-0.2, -0.15) is 0 Å². The molecule has 0 nitrogen and oxygen atoms in total. The van der Waals surface area contributed by atoms with E-state index in [0.29, 0.717) is 0 Å². The van der Waals surface area contributed by atoms with E-state index in [1.54, 1.807) is 0 Å². The van der Waals surface area contributed by atoms with Gasteiger partial charge >= 0.3 is 0 Å². The summed E-state index contributed by atoms with van der Waals surface area (Å²) >= 11 is 0. The van der Waals surface area contributed by atoms with Gasteiger partial charge in [-0.25, -0.2) is 0 Å². The first kappa shape index (κ1) is 51.0. The maximum absolute atomic E-state index is 4.10. The molecule has 0 saturated heterocycles. The van der Waals surface area contributed by atoms with Crippen molar-refractivity contribution >= 4 is 0 Å². The third-order valence-electron chi connectivity index (χ3n) is 12.3. The molecule has 0 aliphatic carbocycles. The molecule has 1 unspecified atom stereocenters. The van der Waals surface area contributed by atoms with Crippen LogP contribution in [-0.2, 0) is 0 Å². The molecule has 0 aliphatic rings. The molecular formula is C51H103. The fourth-order valence-electron chi connectivity index (χ4n) is 8.60. The topological polar surface area (TPSA) is 0 Å². The second kappa shape index (κ2) is 48.0. The number of hydrogen-bond acceptors (Lipinski definition) is 0. The normalized spacial score (nSPS) is 12.3. The second-order valence-corrected chi connectivity index (χ2v) is 17.6. The minimum absolute atomic E-state index is 1.01. The minimum Gasteiger partial charge on any atom is -0.0654 e. The lowest BCUT2D eigenvalue weighted by atomic mass is 9.89. The molecule has 0 bridgehead atoms. The lowest BCUT2D eigenvalue weighted by molar-refractivity contribution is 0.368. The van der Waals surface area contributed by atoms with Crippen molar-refractivity contribution in [2.75, 3.05) is 0 Å². The van der Waals surface area contributed by atoms with Gasteiger partial charge in [0.25, 0.3) is 0 Å². The minimum atomic E-state index is 1.01. The van der Waals surface area contributed by atoms with Crippen LogP contribution >= 0.6 is 0 Å². The Labute approximate surface area is 327 Å². The molecule has 0 heterocycles. The summed E-state index contributed by atoms with van der Waals surface area (Å²) in [6, 6.07) is 0. The van der Waals surface area contributed by atoms with Crippen LogP contribution in [0.15, 0.2) is 0 Å². The summed E-state index contributed by atoms with van der Waals surface area (Å²) in [5.74, 6) is 1.01. The zero-order valence-corrected chi connectivity index (χ0v) is 36.5. The van der Waals surface area contributed by atoms with Gasteiger partial charge in [-0.1, -0.05) is 323 Å². The molecule has 0 spiro atoms. The zero-order valence-electron chi connectivity index (χ0n) is 36.5. The van der Waals surface area contributed by atoms with Gasteiger partial charge in [-0.3, -0.25) is 0 Å². The van der Waals surface area contributed by atoms with Gasteiger partial charge < -0.3 is 0 Å².